The lowest BCUT2D eigenvalue weighted by molar-refractivity contribution is 0.135. The Morgan fingerprint density at radius 3 is 2.60 bits per heavy atom. The number of methoxy groups -OCH3 is 1. The summed E-state index contributed by atoms with van der Waals surface area (Å²) in [4.78, 5) is 30.0. The number of aromatic nitrogens is 8. The van der Waals surface area contributed by atoms with Crippen LogP contribution in [0.4, 0.5) is 16.4 Å². The Morgan fingerprint density at radius 1 is 1.06 bits per heavy atom. The zero-order valence-corrected chi connectivity index (χ0v) is 29.9. The lowest BCUT2D eigenvalue weighted by Gasteiger charge is -2.29. The number of allylic oxidation sites excluding steroid dienone is 2. The number of aromatic amines is 1. The Labute approximate surface area is 308 Å². The monoisotopic (exact) mass is 761 g/mol. The molecule has 5 heterocycles. The Balaban J connectivity index is 1.44. The Kier molecular flexibility index (Phi) is 10.9. The highest BCUT2D eigenvalue weighted by Crippen LogP contribution is 2.43. The molecule has 1 aliphatic heterocycles. The molecule has 0 fully saturated rings. The number of pyridine rings is 2. The van der Waals surface area contributed by atoms with Gasteiger partial charge in [0.25, 0.3) is 15.9 Å². The zero-order chi connectivity index (χ0) is 37.4. The minimum atomic E-state index is -4.43. The van der Waals surface area contributed by atoms with Crippen molar-refractivity contribution in [2.75, 3.05) is 30.4 Å². The number of tetrazole rings is 1. The summed E-state index contributed by atoms with van der Waals surface area (Å²) in [7, 11) is -2.97. The number of sulfonamides is 1. The second kappa shape index (κ2) is 15.9. The fourth-order valence-electron chi connectivity index (χ4n) is 4.79. The lowest BCUT2D eigenvalue weighted by Crippen LogP contribution is -2.43. The van der Waals surface area contributed by atoms with Crippen molar-refractivity contribution in [2.24, 2.45) is 0 Å². The molecule has 0 spiro atoms. The second-order valence-electron chi connectivity index (χ2n) is 11.4. The van der Waals surface area contributed by atoms with Gasteiger partial charge in [0.15, 0.2) is 28.0 Å². The van der Waals surface area contributed by atoms with E-state index < -0.39 is 21.7 Å². The van der Waals surface area contributed by atoms with Crippen LogP contribution < -0.4 is 29.6 Å². The van der Waals surface area contributed by atoms with Gasteiger partial charge in [0.2, 0.25) is 5.75 Å². The molecule has 1 atom stereocenters. The van der Waals surface area contributed by atoms with E-state index in [0.29, 0.717) is 5.75 Å². The number of nitrogens with zero attached hydrogens (tertiary/aromatic N) is 7. The quantitative estimate of drug-likeness (QED) is 0.112. The summed E-state index contributed by atoms with van der Waals surface area (Å²) in [5.41, 5.74) is -0.624. The van der Waals surface area contributed by atoms with Crippen molar-refractivity contribution < 1.29 is 32.2 Å². The number of hydrogen-bond donors (Lipinski definition) is 4. The fourth-order valence-corrected chi connectivity index (χ4v) is 5.88. The highest BCUT2D eigenvalue weighted by molar-refractivity contribution is 7.92. The van der Waals surface area contributed by atoms with Crippen LogP contribution >= 0.6 is 11.6 Å². The fraction of sp³-hybridized carbons (Fsp3) is 0.212. The number of amides is 1. The number of H-pyrrole nitrogens is 1. The molecule has 20 heteroatoms. The van der Waals surface area contributed by atoms with Crippen molar-refractivity contribution >= 4 is 39.4 Å². The Hall–Kier alpha value is -6.34. The summed E-state index contributed by atoms with van der Waals surface area (Å²) in [5.74, 6) is -0.0490. The number of halogens is 1. The molecule has 1 unspecified atom stereocenters. The molecule has 0 saturated heterocycles. The van der Waals surface area contributed by atoms with Gasteiger partial charge in [0.05, 0.1) is 12.1 Å². The maximum absolute atomic E-state index is 13.9. The number of carbonyl (C=O) groups excluding carboxylic acids is 1. The first-order valence-corrected chi connectivity index (χ1v) is 17.7. The predicted octanol–water partition coefficient (Wildman–Crippen LogP) is 4.70. The minimum absolute atomic E-state index is 0.0471. The van der Waals surface area contributed by atoms with Crippen LogP contribution in [0.25, 0.3) is 0 Å². The molecule has 0 aliphatic carbocycles. The summed E-state index contributed by atoms with van der Waals surface area (Å²) in [6.45, 7) is 3.37. The molecule has 1 amide bonds. The number of anilines is 2. The molecular weight excluding hydrogens is 730 g/mol. The topological polar surface area (TPSA) is 230 Å². The third kappa shape index (κ3) is 8.42. The average molecular weight is 762 g/mol. The molecule has 6 rings (SSSR count). The van der Waals surface area contributed by atoms with Gasteiger partial charge in [-0.2, -0.15) is 13.4 Å². The Bertz CT molecular complexity index is 2220. The number of ether oxygens (including phenoxy) is 4. The number of dihydropyridines is 1. The third-order valence-electron chi connectivity index (χ3n) is 7.50. The summed E-state index contributed by atoms with van der Waals surface area (Å²) in [6, 6.07) is 12.6. The predicted molar refractivity (Wildman–Crippen MR) is 190 cm³/mol. The van der Waals surface area contributed by atoms with Crippen molar-refractivity contribution in [1.29, 1.82) is 0 Å². The van der Waals surface area contributed by atoms with Crippen molar-refractivity contribution in [1.82, 2.24) is 45.9 Å². The van der Waals surface area contributed by atoms with Crippen LogP contribution in [0.2, 0.25) is 5.02 Å². The number of rotatable bonds is 14. The highest BCUT2D eigenvalue weighted by atomic mass is 35.5. The largest absolute Gasteiger partial charge is 0.497 e. The number of benzene rings is 1. The molecule has 5 aromatic rings. The second-order valence-corrected chi connectivity index (χ2v) is 13.4. The van der Waals surface area contributed by atoms with E-state index in [9.17, 15) is 13.2 Å². The van der Waals surface area contributed by atoms with Crippen molar-refractivity contribution in [2.45, 2.75) is 30.3 Å². The van der Waals surface area contributed by atoms with Crippen molar-refractivity contribution in [3.8, 4) is 23.1 Å². The zero-order valence-electron chi connectivity index (χ0n) is 28.3. The van der Waals surface area contributed by atoms with E-state index in [1.54, 1.807) is 54.8 Å². The number of carbonyl (C=O) groups is 1. The SMILES string of the molecule is COc1ccc(Cl)c(Oc2c(NS(=O)(=O)c3ccc(C(C)C)cn3)nc(C3(c4nnn[nH]4)C=CC=CN3)nc2OCCOC(=O)Nc2ccccn2)c1. The summed E-state index contributed by atoms with van der Waals surface area (Å²) in [6.07, 6.45) is 8.87. The van der Waals surface area contributed by atoms with Crippen LogP contribution in [0, 0.1) is 0 Å². The highest BCUT2D eigenvalue weighted by Gasteiger charge is 2.41. The molecule has 0 saturated carbocycles. The summed E-state index contributed by atoms with van der Waals surface area (Å²) >= 11 is 6.51. The van der Waals surface area contributed by atoms with Gasteiger partial charge in [-0.05, 0) is 70.6 Å². The molecule has 0 bridgehead atoms. The van der Waals surface area contributed by atoms with E-state index in [-0.39, 0.29) is 69.8 Å². The standard InChI is InChI=1S/C33H32ClN11O7S/c1-20(2)21-9-12-26(36-19-21)53(47,48)43-28-27(52-24-18-22(49-3)10-11-23(24)34)29(50-16-17-51-32(46)38-25-8-4-6-14-35-25)40-30(39-28)33(13-5-7-15-37-33)31-41-44-45-42-31/h4-15,18-20,37H,16-17H2,1-3H3,(H,35,38,46)(H,39,40,43)(H,41,42,44,45). The molecule has 274 valence electrons. The van der Waals surface area contributed by atoms with Gasteiger partial charge in [-0.15, -0.1) is 5.10 Å². The van der Waals surface area contributed by atoms with Gasteiger partial charge in [-0.25, -0.2) is 24.8 Å². The third-order valence-corrected chi connectivity index (χ3v) is 9.07. The average Bonchev–Trinajstić information content (AvgIpc) is 3.72. The van der Waals surface area contributed by atoms with Crippen LogP contribution in [0.3, 0.4) is 0 Å². The van der Waals surface area contributed by atoms with E-state index in [1.807, 2.05) is 13.8 Å². The van der Waals surface area contributed by atoms with E-state index in [2.05, 4.69) is 55.9 Å². The van der Waals surface area contributed by atoms with E-state index in [4.69, 9.17) is 30.5 Å². The van der Waals surface area contributed by atoms with Crippen LogP contribution in [-0.2, 0) is 20.3 Å². The number of hydrogen-bond acceptors (Lipinski definition) is 15. The van der Waals surface area contributed by atoms with E-state index in [1.165, 1.54) is 37.7 Å². The summed E-state index contributed by atoms with van der Waals surface area (Å²) < 4.78 is 53.2. The Morgan fingerprint density at radius 2 is 1.92 bits per heavy atom. The van der Waals surface area contributed by atoms with Crippen molar-refractivity contribution in [3.63, 3.8) is 0 Å². The van der Waals surface area contributed by atoms with Gasteiger partial charge in [0.1, 0.15) is 30.5 Å². The van der Waals surface area contributed by atoms with Gasteiger partial charge in [-0.3, -0.25) is 10.0 Å². The van der Waals surface area contributed by atoms with Crippen LogP contribution in [0.5, 0.6) is 23.1 Å². The minimum Gasteiger partial charge on any atom is -0.497 e. The molecule has 1 aromatic carbocycles. The first-order valence-electron chi connectivity index (χ1n) is 15.8. The maximum Gasteiger partial charge on any atom is 0.412 e. The molecular formula is C33H32ClN11O7S. The lowest BCUT2D eigenvalue weighted by atomic mass is 9.95. The molecule has 0 radical (unpaired) electrons. The van der Waals surface area contributed by atoms with Crippen LogP contribution in [-0.4, -0.2) is 75.4 Å². The van der Waals surface area contributed by atoms with Gasteiger partial charge in [0, 0.05) is 18.5 Å². The molecule has 4 N–H and O–H groups in total. The smallest absolute Gasteiger partial charge is 0.412 e. The molecule has 1 aliphatic rings. The van der Waals surface area contributed by atoms with E-state index in [0.717, 1.165) is 5.56 Å². The molecule has 4 aromatic heterocycles. The molecule has 18 nitrogen and oxygen atoms in total. The molecule has 53 heavy (non-hydrogen) atoms. The van der Waals surface area contributed by atoms with Crippen LogP contribution in [0.1, 0.15) is 37.0 Å². The van der Waals surface area contributed by atoms with Crippen molar-refractivity contribution in [3.05, 3.63) is 108 Å². The van der Waals surface area contributed by atoms with Crippen LogP contribution in [0.15, 0.2) is 90.4 Å². The normalized spacial score (nSPS) is 15.0. The first kappa shape index (κ1) is 36.5. The summed E-state index contributed by atoms with van der Waals surface area (Å²) in [5, 5.41) is 19.7. The first-order chi connectivity index (χ1) is 25.6. The number of nitrogens with one attached hydrogen (secondary N) is 4. The van der Waals surface area contributed by atoms with Gasteiger partial charge >= 0.3 is 6.09 Å². The van der Waals surface area contributed by atoms with Gasteiger partial charge in [-0.1, -0.05) is 43.7 Å². The van der Waals surface area contributed by atoms with Gasteiger partial charge < -0.3 is 24.3 Å². The van der Waals surface area contributed by atoms with E-state index >= 15 is 0 Å². The maximum atomic E-state index is 13.9.